The lowest BCUT2D eigenvalue weighted by Gasteiger charge is -2.23. The molecule has 0 aliphatic carbocycles. The van der Waals surface area contributed by atoms with Gasteiger partial charge in [0, 0.05) is 103 Å². The maximum Gasteiger partial charge on any atom is 0.221 e. The molecule has 0 saturated carbocycles. The minimum Gasteiger partial charge on any atom is -0.496 e. The fourth-order valence-electron chi connectivity index (χ4n) is 7.00. The second-order valence-corrected chi connectivity index (χ2v) is 13.8. The Morgan fingerprint density at radius 1 is 0.900 bits per heavy atom. The molecule has 2 amide bonds. The van der Waals surface area contributed by atoms with Gasteiger partial charge in [0.05, 0.1) is 34.7 Å². The number of carbonyl (C=O) groups is 2. The molecule has 2 saturated heterocycles. The molecule has 0 radical (unpaired) electrons. The van der Waals surface area contributed by atoms with Crippen molar-refractivity contribution < 1.29 is 14.3 Å². The number of halogens is 2. The topological polar surface area (TPSA) is 113 Å². The van der Waals surface area contributed by atoms with Gasteiger partial charge >= 0.3 is 0 Å². The number of nitrogens with one attached hydrogen (secondary N) is 3. The average molecular weight is 713 g/mol. The number of nitrogens with zero attached hydrogens (tertiary/aromatic N) is 4. The highest BCUT2D eigenvalue weighted by molar-refractivity contribution is 6.39. The number of carbonyl (C=O) groups excluding carboxylic acids is 2. The first-order valence-electron chi connectivity index (χ1n) is 16.7. The predicted molar refractivity (Wildman–Crippen MR) is 197 cm³/mol. The fraction of sp³-hybridized carbons (Fsp3) is 0.316. The summed E-state index contributed by atoms with van der Waals surface area (Å²) in [5.41, 5.74) is 7.72. The second-order valence-electron chi connectivity index (χ2n) is 13.0. The summed E-state index contributed by atoms with van der Waals surface area (Å²) in [6.45, 7) is 2.01. The van der Waals surface area contributed by atoms with E-state index in [9.17, 15) is 9.59 Å². The Morgan fingerprint density at radius 3 is 2.20 bits per heavy atom. The van der Waals surface area contributed by atoms with E-state index in [1.54, 1.807) is 19.5 Å². The first kappa shape index (κ1) is 34.0. The normalized spacial score (nSPS) is 17.5. The highest BCUT2D eigenvalue weighted by Gasteiger charge is 2.25. The number of hydrogen-bond donors (Lipinski definition) is 3. The van der Waals surface area contributed by atoms with Gasteiger partial charge in [-0.05, 0) is 49.7 Å². The second kappa shape index (κ2) is 14.4. The zero-order chi connectivity index (χ0) is 34.9. The molecule has 5 heterocycles. The molecule has 2 aliphatic heterocycles. The number of aromatic nitrogens is 3. The standard InChI is InChI=1S/C38H39Cl2N7O3/c1-46-20-25(21-47(2)32-9-11-34(49)45-32)27-8-6-22(16-30(27)46)37-35(39)28(12-14-42-37)29-13-15-43-38(36(29)40)23-4-5-24(31(17-23)50-3)18-41-19-26-7-10-33(48)44-26/h4-6,8,12-17,20,26,32,41H,7,9-11,18-19,21H2,1-3H3,(H,44,48)(H,45,49)/t26-,32-/m0/s1. The molecule has 0 unspecified atom stereocenters. The lowest BCUT2D eigenvalue weighted by atomic mass is 10.00. The van der Waals surface area contributed by atoms with Crippen LogP contribution in [0.5, 0.6) is 5.75 Å². The van der Waals surface area contributed by atoms with Crippen LogP contribution < -0.4 is 20.7 Å². The highest BCUT2D eigenvalue weighted by atomic mass is 35.5. The Labute approximate surface area is 301 Å². The van der Waals surface area contributed by atoms with E-state index < -0.39 is 0 Å². The largest absolute Gasteiger partial charge is 0.496 e. The summed E-state index contributed by atoms with van der Waals surface area (Å²) in [7, 11) is 5.72. The number of fused-ring (bicyclic) bond motifs is 1. The zero-order valence-corrected chi connectivity index (χ0v) is 29.7. The summed E-state index contributed by atoms with van der Waals surface area (Å²) in [4.78, 5) is 34.8. The van der Waals surface area contributed by atoms with Crippen molar-refractivity contribution in [3.63, 3.8) is 0 Å². The Hall–Kier alpha value is -4.48. The number of benzene rings is 2. The fourth-order valence-corrected chi connectivity index (χ4v) is 7.65. The monoisotopic (exact) mass is 711 g/mol. The van der Waals surface area contributed by atoms with Crippen LogP contribution in [-0.4, -0.2) is 64.2 Å². The smallest absolute Gasteiger partial charge is 0.221 e. The number of aryl methyl sites for hydroxylation is 1. The van der Waals surface area contributed by atoms with E-state index in [0.29, 0.717) is 59.7 Å². The minimum atomic E-state index is 0.0471. The first-order chi connectivity index (χ1) is 24.2. The van der Waals surface area contributed by atoms with Gasteiger partial charge in [-0.1, -0.05) is 47.5 Å². The van der Waals surface area contributed by atoms with Crippen LogP contribution in [0.1, 0.15) is 36.8 Å². The number of ether oxygens (including phenoxy) is 1. The molecule has 258 valence electrons. The lowest BCUT2D eigenvalue weighted by Crippen LogP contribution is -2.39. The Balaban J connectivity index is 1.13. The summed E-state index contributed by atoms with van der Waals surface area (Å²) in [5.74, 6) is 0.927. The highest BCUT2D eigenvalue weighted by Crippen LogP contribution is 2.42. The van der Waals surface area contributed by atoms with Crippen molar-refractivity contribution in [2.24, 2.45) is 7.05 Å². The van der Waals surface area contributed by atoms with E-state index in [0.717, 1.165) is 51.6 Å². The van der Waals surface area contributed by atoms with Crippen molar-refractivity contribution in [3.8, 4) is 39.4 Å². The van der Waals surface area contributed by atoms with Crippen LogP contribution in [0.3, 0.4) is 0 Å². The summed E-state index contributed by atoms with van der Waals surface area (Å²) in [6.07, 6.45) is 8.48. The molecular formula is C38H39Cl2N7O3. The van der Waals surface area contributed by atoms with E-state index in [-0.39, 0.29) is 24.0 Å². The lowest BCUT2D eigenvalue weighted by molar-refractivity contribution is -0.120. The van der Waals surface area contributed by atoms with Crippen LogP contribution in [0.4, 0.5) is 0 Å². The quantitative estimate of drug-likeness (QED) is 0.147. The van der Waals surface area contributed by atoms with Gasteiger partial charge in [-0.3, -0.25) is 24.5 Å². The summed E-state index contributed by atoms with van der Waals surface area (Å²) in [6, 6.07) is 16.1. The predicted octanol–water partition coefficient (Wildman–Crippen LogP) is 6.32. The molecular weight excluding hydrogens is 673 g/mol. The molecule has 10 nitrogen and oxygen atoms in total. The molecule has 50 heavy (non-hydrogen) atoms. The third kappa shape index (κ3) is 6.81. The van der Waals surface area contributed by atoms with Gasteiger partial charge in [0.1, 0.15) is 5.75 Å². The molecule has 12 heteroatoms. The van der Waals surface area contributed by atoms with Crippen molar-refractivity contribution in [1.82, 2.24) is 35.4 Å². The molecule has 2 aliphatic rings. The van der Waals surface area contributed by atoms with Crippen molar-refractivity contribution in [3.05, 3.63) is 88.3 Å². The van der Waals surface area contributed by atoms with Crippen molar-refractivity contribution >= 4 is 45.9 Å². The molecule has 2 fully saturated rings. The van der Waals surface area contributed by atoms with Crippen LogP contribution in [0, 0.1) is 0 Å². The van der Waals surface area contributed by atoms with E-state index in [2.05, 4.69) is 48.7 Å². The molecule has 7 rings (SSSR count). The van der Waals surface area contributed by atoms with Crippen LogP contribution in [-0.2, 0) is 29.7 Å². The third-order valence-electron chi connectivity index (χ3n) is 9.69. The molecule has 0 bridgehead atoms. The first-order valence-corrected chi connectivity index (χ1v) is 17.5. The Morgan fingerprint density at radius 2 is 1.56 bits per heavy atom. The van der Waals surface area contributed by atoms with E-state index >= 15 is 0 Å². The number of methoxy groups -OCH3 is 1. The van der Waals surface area contributed by atoms with Crippen LogP contribution >= 0.6 is 23.2 Å². The van der Waals surface area contributed by atoms with Gasteiger partial charge in [0.25, 0.3) is 0 Å². The van der Waals surface area contributed by atoms with Gasteiger partial charge in [0.15, 0.2) is 0 Å². The summed E-state index contributed by atoms with van der Waals surface area (Å²) < 4.78 is 7.86. The van der Waals surface area contributed by atoms with Crippen molar-refractivity contribution in [1.29, 1.82) is 0 Å². The summed E-state index contributed by atoms with van der Waals surface area (Å²) in [5, 5.41) is 11.6. The third-order valence-corrected chi connectivity index (χ3v) is 10.5. The number of pyridine rings is 2. The number of amides is 2. The number of rotatable bonds is 11. The van der Waals surface area contributed by atoms with E-state index in [4.69, 9.17) is 32.9 Å². The zero-order valence-electron chi connectivity index (χ0n) is 28.2. The summed E-state index contributed by atoms with van der Waals surface area (Å²) >= 11 is 14.2. The SMILES string of the molecule is COc1cc(-c2nccc(-c3ccnc(-c4ccc5c(CN(C)[C@H]6CCC(=O)N6)cn(C)c5c4)c3Cl)c2Cl)ccc1CNC[C@@H]1CCC(=O)N1. The van der Waals surface area contributed by atoms with Gasteiger partial charge in [0.2, 0.25) is 11.8 Å². The van der Waals surface area contributed by atoms with Gasteiger partial charge in [-0.25, -0.2) is 0 Å². The van der Waals surface area contributed by atoms with Crippen LogP contribution in [0.25, 0.3) is 44.5 Å². The molecule has 0 spiro atoms. The van der Waals surface area contributed by atoms with Crippen molar-refractivity contribution in [2.75, 3.05) is 20.7 Å². The minimum absolute atomic E-state index is 0.0471. The molecule has 2 aromatic carbocycles. The molecule has 3 N–H and O–H groups in total. The van der Waals surface area contributed by atoms with E-state index in [1.807, 2.05) is 50.5 Å². The van der Waals surface area contributed by atoms with Crippen molar-refractivity contribution in [2.45, 2.75) is 51.0 Å². The molecule has 3 aromatic heterocycles. The van der Waals surface area contributed by atoms with Crippen LogP contribution in [0.15, 0.2) is 67.1 Å². The molecule has 2 atom stereocenters. The number of hydrogen-bond acceptors (Lipinski definition) is 7. The van der Waals surface area contributed by atoms with Gasteiger partial charge in [-0.15, -0.1) is 0 Å². The van der Waals surface area contributed by atoms with E-state index in [1.165, 1.54) is 5.56 Å². The van der Waals surface area contributed by atoms with Gasteiger partial charge in [-0.2, -0.15) is 0 Å². The van der Waals surface area contributed by atoms with Gasteiger partial charge < -0.3 is 25.3 Å². The Kier molecular flexibility index (Phi) is 9.79. The molecule has 5 aromatic rings. The maximum absolute atomic E-state index is 11.8. The van der Waals surface area contributed by atoms with Crippen LogP contribution in [0.2, 0.25) is 10.0 Å². The Bertz CT molecular complexity index is 2100. The average Bonchev–Trinajstić information content (AvgIpc) is 3.83. The maximum atomic E-state index is 11.8.